The molecule has 6 nitrogen and oxygen atoms in total. The first kappa shape index (κ1) is 21.4. The standard InChI is InChI=1S/C23H24FNO5S/c1-2-3-4-5-6-14-11-16(24)7-10-20(14)31(28,29)25-19-9-8-17-18-12-15(18)13-30-22(17)21(19)23(26)27/h5-11,15,18,25H,2-4,12-13H2,1H3,(H,26,27)/b6-5-. The normalized spacial score (nSPS) is 19.4. The molecule has 2 aromatic carbocycles. The zero-order valence-electron chi connectivity index (χ0n) is 17.1. The van der Waals surface area contributed by atoms with Gasteiger partial charge in [0.15, 0.2) is 0 Å². The van der Waals surface area contributed by atoms with E-state index < -0.39 is 21.8 Å². The number of halogens is 1. The largest absolute Gasteiger partial charge is 0.492 e. The maximum atomic E-state index is 13.8. The molecule has 2 unspecified atom stereocenters. The molecule has 1 aliphatic carbocycles. The molecule has 164 valence electrons. The molecule has 2 atom stereocenters. The van der Waals surface area contributed by atoms with E-state index in [1.165, 1.54) is 12.1 Å². The fourth-order valence-corrected chi connectivity index (χ4v) is 5.23. The Kier molecular flexibility index (Phi) is 5.75. The first-order valence-electron chi connectivity index (χ1n) is 10.3. The number of hydrogen-bond acceptors (Lipinski definition) is 4. The number of unbranched alkanes of at least 4 members (excludes halogenated alkanes) is 2. The maximum absolute atomic E-state index is 13.8. The van der Waals surface area contributed by atoms with Crippen LogP contribution in [0.3, 0.4) is 0 Å². The smallest absolute Gasteiger partial charge is 0.341 e. The minimum Gasteiger partial charge on any atom is -0.492 e. The summed E-state index contributed by atoms with van der Waals surface area (Å²) in [6.07, 6.45) is 6.99. The van der Waals surface area contributed by atoms with Gasteiger partial charge in [-0.05, 0) is 54.2 Å². The van der Waals surface area contributed by atoms with E-state index in [1.807, 2.05) is 6.92 Å². The number of carbonyl (C=O) groups is 1. The predicted octanol–water partition coefficient (Wildman–Crippen LogP) is 5.02. The number of fused-ring (bicyclic) bond motifs is 3. The van der Waals surface area contributed by atoms with Crippen molar-refractivity contribution in [3.8, 4) is 5.75 Å². The molecule has 0 bridgehead atoms. The molecular weight excluding hydrogens is 421 g/mol. The quantitative estimate of drug-likeness (QED) is 0.557. The first-order chi connectivity index (χ1) is 14.8. The van der Waals surface area contributed by atoms with Gasteiger partial charge >= 0.3 is 5.97 Å². The predicted molar refractivity (Wildman–Crippen MR) is 116 cm³/mol. The number of allylic oxidation sites excluding steroid dienone is 1. The average Bonchev–Trinajstić information content (AvgIpc) is 3.50. The molecule has 0 amide bonds. The van der Waals surface area contributed by atoms with Crippen LogP contribution in [0.25, 0.3) is 6.08 Å². The van der Waals surface area contributed by atoms with E-state index in [4.69, 9.17) is 4.74 Å². The highest BCUT2D eigenvalue weighted by Crippen LogP contribution is 2.55. The summed E-state index contributed by atoms with van der Waals surface area (Å²) in [4.78, 5) is 11.8. The van der Waals surface area contributed by atoms with Crippen LogP contribution in [0.15, 0.2) is 41.3 Å². The fraction of sp³-hybridized carbons (Fsp3) is 0.348. The van der Waals surface area contributed by atoms with Crippen molar-refractivity contribution in [2.24, 2.45) is 5.92 Å². The molecule has 2 aliphatic rings. The summed E-state index contributed by atoms with van der Waals surface area (Å²) < 4.78 is 48.1. The van der Waals surface area contributed by atoms with Crippen LogP contribution in [0.5, 0.6) is 5.75 Å². The van der Waals surface area contributed by atoms with Gasteiger partial charge in [-0.3, -0.25) is 4.72 Å². The van der Waals surface area contributed by atoms with Crippen molar-refractivity contribution in [2.45, 2.75) is 43.4 Å². The lowest BCUT2D eigenvalue weighted by Crippen LogP contribution is -2.19. The van der Waals surface area contributed by atoms with Gasteiger partial charge in [0, 0.05) is 5.92 Å². The van der Waals surface area contributed by atoms with Gasteiger partial charge in [-0.15, -0.1) is 0 Å². The Balaban J connectivity index is 1.70. The Morgan fingerprint density at radius 1 is 1.32 bits per heavy atom. The molecule has 2 aromatic rings. The molecule has 0 radical (unpaired) electrons. The van der Waals surface area contributed by atoms with Crippen molar-refractivity contribution in [1.82, 2.24) is 0 Å². The maximum Gasteiger partial charge on any atom is 0.341 e. The fourth-order valence-electron chi connectivity index (χ4n) is 3.97. The van der Waals surface area contributed by atoms with Crippen LogP contribution < -0.4 is 9.46 Å². The SMILES string of the molecule is CCCC/C=C\c1cc(F)ccc1S(=O)(=O)Nc1ccc2c(c1C(=O)O)OCC1CC21. The minimum absolute atomic E-state index is 0.0735. The number of ether oxygens (including phenoxy) is 1. The topological polar surface area (TPSA) is 92.7 Å². The van der Waals surface area contributed by atoms with Gasteiger partial charge < -0.3 is 9.84 Å². The number of carboxylic acid groups (broad SMARTS) is 1. The lowest BCUT2D eigenvalue weighted by molar-refractivity contribution is 0.0692. The second-order valence-corrected chi connectivity index (χ2v) is 9.61. The van der Waals surface area contributed by atoms with E-state index in [1.54, 1.807) is 18.2 Å². The highest BCUT2D eigenvalue weighted by atomic mass is 32.2. The van der Waals surface area contributed by atoms with Crippen LogP contribution in [-0.4, -0.2) is 26.1 Å². The highest BCUT2D eigenvalue weighted by Gasteiger charge is 2.45. The summed E-state index contributed by atoms with van der Waals surface area (Å²) in [6, 6.07) is 6.59. The molecule has 0 saturated heterocycles. The van der Waals surface area contributed by atoms with E-state index in [2.05, 4.69) is 4.72 Å². The third kappa shape index (κ3) is 4.30. The van der Waals surface area contributed by atoms with Crippen LogP contribution in [0.2, 0.25) is 0 Å². The molecule has 0 aromatic heterocycles. The molecule has 2 N–H and O–H groups in total. The Hall–Kier alpha value is -2.87. The van der Waals surface area contributed by atoms with Crippen molar-refractivity contribution in [2.75, 3.05) is 11.3 Å². The van der Waals surface area contributed by atoms with Gasteiger partial charge in [0.05, 0.1) is 17.2 Å². The number of nitrogens with one attached hydrogen (secondary N) is 1. The Bertz CT molecular complexity index is 1160. The molecule has 31 heavy (non-hydrogen) atoms. The van der Waals surface area contributed by atoms with Crippen molar-refractivity contribution in [1.29, 1.82) is 0 Å². The number of carboxylic acids is 1. The third-order valence-electron chi connectivity index (χ3n) is 5.69. The highest BCUT2D eigenvalue weighted by molar-refractivity contribution is 7.92. The van der Waals surface area contributed by atoms with Crippen LogP contribution in [-0.2, 0) is 10.0 Å². The number of benzene rings is 2. The number of hydrogen-bond donors (Lipinski definition) is 2. The van der Waals surface area contributed by atoms with E-state index in [0.29, 0.717) is 12.5 Å². The van der Waals surface area contributed by atoms with Gasteiger partial charge in [-0.25, -0.2) is 17.6 Å². The number of rotatable bonds is 8. The average molecular weight is 446 g/mol. The summed E-state index contributed by atoms with van der Waals surface area (Å²) in [5.74, 6) is -0.929. The molecular formula is C23H24FNO5S. The van der Waals surface area contributed by atoms with Gasteiger partial charge in [-0.2, -0.15) is 0 Å². The number of aromatic carboxylic acids is 1. The third-order valence-corrected chi connectivity index (χ3v) is 7.13. The lowest BCUT2D eigenvalue weighted by Gasteiger charge is -2.21. The summed E-state index contributed by atoms with van der Waals surface area (Å²) >= 11 is 0. The molecule has 4 rings (SSSR count). The van der Waals surface area contributed by atoms with Crippen molar-refractivity contribution >= 4 is 27.8 Å². The van der Waals surface area contributed by atoms with Gasteiger partial charge in [0.2, 0.25) is 0 Å². The summed E-state index contributed by atoms with van der Waals surface area (Å²) in [7, 11) is -4.18. The van der Waals surface area contributed by atoms with Crippen molar-refractivity contribution in [3.05, 3.63) is 58.9 Å². The van der Waals surface area contributed by atoms with E-state index in [9.17, 15) is 22.7 Å². The Morgan fingerprint density at radius 2 is 2.13 bits per heavy atom. The minimum atomic E-state index is -4.18. The van der Waals surface area contributed by atoms with Gasteiger partial charge in [0.1, 0.15) is 17.1 Å². The van der Waals surface area contributed by atoms with Crippen LogP contribution in [0.4, 0.5) is 10.1 Å². The summed E-state index contributed by atoms with van der Waals surface area (Å²) in [5, 5.41) is 9.77. The summed E-state index contributed by atoms with van der Waals surface area (Å²) in [6.45, 7) is 2.47. The van der Waals surface area contributed by atoms with Gasteiger partial charge in [-0.1, -0.05) is 38.0 Å². The van der Waals surface area contributed by atoms with E-state index in [-0.39, 0.29) is 33.4 Å². The van der Waals surface area contributed by atoms with Gasteiger partial charge in [0.25, 0.3) is 10.0 Å². The van der Waals surface area contributed by atoms with E-state index in [0.717, 1.165) is 43.4 Å². The molecule has 1 aliphatic heterocycles. The van der Waals surface area contributed by atoms with Crippen molar-refractivity contribution in [3.63, 3.8) is 0 Å². The molecule has 1 heterocycles. The number of anilines is 1. The van der Waals surface area contributed by atoms with Crippen LogP contribution >= 0.6 is 0 Å². The van der Waals surface area contributed by atoms with E-state index >= 15 is 0 Å². The Morgan fingerprint density at radius 3 is 2.87 bits per heavy atom. The van der Waals surface area contributed by atoms with Crippen LogP contribution in [0, 0.1) is 11.7 Å². The lowest BCUT2D eigenvalue weighted by atomic mass is 10.0. The number of sulfonamides is 1. The van der Waals surface area contributed by atoms with Crippen molar-refractivity contribution < 1.29 is 27.4 Å². The second kappa shape index (κ2) is 8.34. The first-order valence-corrected chi connectivity index (χ1v) is 11.8. The molecule has 0 spiro atoms. The zero-order chi connectivity index (χ0) is 22.2. The van der Waals surface area contributed by atoms with Crippen LogP contribution in [0.1, 0.15) is 60.0 Å². The second-order valence-electron chi connectivity index (χ2n) is 7.96. The molecule has 1 fully saturated rings. The monoisotopic (exact) mass is 445 g/mol. The molecule has 8 heteroatoms. The zero-order valence-corrected chi connectivity index (χ0v) is 17.9. The summed E-state index contributed by atoms with van der Waals surface area (Å²) in [5.41, 5.74) is 0.734. The Labute approximate surface area is 180 Å². The molecule has 1 saturated carbocycles.